The van der Waals surface area contributed by atoms with E-state index < -0.39 is 12.2 Å². The highest BCUT2D eigenvalue weighted by atomic mass is 19.1. The minimum atomic E-state index is -0.669. The highest BCUT2D eigenvalue weighted by molar-refractivity contribution is 5.82. The maximum Gasteiger partial charge on any atom is 0.158 e. The molecule has 3 aromatic rings. The molecule has 6 nitrogen and oxygen atoms in total. The van der Waals surface area contributed by atoms with Crippen molar-refractivity contribution in [3.63, 3.8) is 0 Å². The second-order valence-corrected chi connectivity index (χ2v) is 8.68. The maximum absolute atomic E-state index is 13.6. The molecule has 0 unspecified atom stereocenters. The lowest BCUT2D eigenvalue weighted by Gasteiger charge is -2.34. The third-order valence-electron chi connectivity index (χ3n) is 6.12. The van der Waals surface area contributed by atoms with Crippen molar-refractivity contribution in [1.29, 1.82) is 0 Å². The monoisotopic (exact) mass is 468 g/mol. The Morgan fingerprint density at radius 1 is 1.03 bits per heavy atom. The van der Waals surface area contributed by atoms with Crippen molar-refractivity contribution in [1.82, 2.24) is 0 Å². The topological polar surface area (TPSA) is 88.4 Å². The van der Waals surface area contributed by atoms with Crippen molar-refractivity contribution in [2.45, 2.75) is 45.0 Å². The Labute approximate surface area is 198 Å². The molecule has 7 heteroatoms. The molecule has 0 spiro atoms. The molecule has 1 aliphatic rings. The molecular weight excluding hydrogens is 439 g/mol. The molecule has 0 aliphatic carbocycles. The third kappa shape index (κ3) is 4.41. The van der Waals surface area contributed by atoms with Gasteiger partial charge in [0.2, 0.25) is 0 Å². The van der Waals surface area contributed by atoms with Crippen LogP contribution in [-0.2, 0) is 17.6 Å². The summed E-state index contributed by atoms with van der Waals surface area (Å²) >= 11 is 0. The number of phenols is 2. The lowest BCUT2D eigenvalue weighted by molar-refractivity contribution is 0.00597. The van der Waals surface area contributed by atoms with E-state index in [-0.39, 0.29) is 29.8 Å². The standard InChI is InChI=1S/C27H29FO6/c1-14(29)9-17-11-21(30)22(31)12-19(17)25-20-10-15(2)34-27(16-5-7-18(28)8-6-16)26(20)24(33-4)13-23(25)32-3/h5-8,11-15,27,29-31H,9-10H2,1-4H3/t14-,15-,27+/m0/s1. The number of hydrogen-bond donors (Lipinski definition) is 3. The van der Waals surface area contributed by atoms with Crippen LogP contribution < -0.4 is 9.47 Å². The molecule has 3 atom stereocenters. The van der Waals surface area contributed by atoms with E-state index in [1.165, 1.54) is 24.3 Å². The molecule has 0 fully saturated rings. The molecular formula is C27H29FO6. The largest absolute Gasteiger partial charge is 0.504 e. The SMILES string of the molecule is COc1cc(OC)c2c(c1-c1cc(O)c(O)cc1C[C@H](C)O)C[C@H](C)O[C@@H]2c1ccc(F)cc1. The van der Waals surface area contributed by atoms with Gasteiger partial charge in [0.1, 0.15) is 23.4 Å². The predicted octanol–water partition coefficient (Wildman–Crippen LogP) is 4.90. The number of rotatable bonds is 6. The Kier molecular flexibility index (Phi) is 6.68. The average Bonchev–Trinajstić information content (AvgIpc) is 2.80. The van der Waals surface area contributed by atoms with Gasteiger partial charge < -0.3 is 29.5 Å². The summed E-state index contributed by atoms with van der Waals surface area (Å²) in [5.41, 5.74) is 4.50. The summed E-state index contributed by atoms with van der Waals surface area (Å²) < 4.78 is 31.4. The van der Waals surface area contributed by atoms with Crippen molar-refractivity contribution in [3.8, 4) is 34.1 Å². The minimum Gasteiger partial charge on any atom is -0.504 e. The molecule has 1 heterocycles. The molecule has 3 N–H and O–H groups in total. The van der Waals surface area contributed by atoms with Gasteiger partial charge in [-0.15, -0.1) is 0 Å². The van der Waals surface area contributed by atoms with E-state index in [1.54, 1.807) is 39.3 Å². The molecule has 1 aliphatic heterocycles. The number of aromatic hydroxyl groups is 2. The number of methoxy groups -OCH3 is 2. The van der Waals surface area contributed by atoms with E-state index >= 15 is 0 Å². The van der Waals surface area contributed by atoms with E-state index in [2.05, 4.69) is 0 Å². The number of hydrogen-bond acceptors (Lipinski definition) is 6. The van der Waals surface area contributed by atoms with Crippen molar-refractivity contribution in [3.05, 3.63) is 70.5 Å². The molecule has 0 saturated carbocycles. The van der Waals surface area contributed by atoms with Crippen LogP contribution in [-0.4, -0.2) is 41.7 Å². The molecule has 0 aromatic heterocycles. The van der Waals surface area contributed by atoms with Gasteiger partial charge in [0.25, 0.3) is 0 Å². The average molecular weight is 469 g/mol. The number of benzene rings is 3. The molecule has 4 rings (SSSR count). The Morgan fingerprint density at radius 3 is 2.29 bits per heavy atom. The van der Waals surface area contributed by atoms with E-state index in [4.69, 9.17) is 14.2 Å². The number of ether oxygens (including phenoxy) is 3. The fourth-order valence-corrected chi connectivity index (χ4v) is 4.68. The summed E-state index contributed by atoms with van der Waals surface area (Å²) in [6, 6.07) is 10.9. The number of aliphatic hydroxyl groups excluding tert-OH is 1. The van der Waals surface area contributed by atoms with Gasteiger partial charge in [0.05, 0.1) is 26.4 Å². The van der Waals surface area contributed by atoms with Crippen molar-refractivity contribution in [2.75, 3.05) is 14.2 Å². The van der Waals surface area contributed by atoms with Crippen LogP contribution in [0.1, 0.15) is 42.2 Å². The first-order valence-corrected chi connectivity index (χ1v) is 11.1. The highest BCUT2D eigenvalue weighted by Crippen LogP contribution is 2.50. The quantitative estimate of drug-likeness (QED) is 0.446. The molecule has 180 valence electrons. The second-order valence-electron chi connectivity index (χ2n) is 8.68. The van der Waals surface area contributed by atoms with Crippen molar-refractivity contribution < 1.29 is 33.9 Å². The molecule has 0 bridgehead atoms. The summed E-state index contributed by atoms with van der Waals surface area (Å²) in [6.07, 6.45) is -0.558. The molecule has 3 aromatic carbocycles. The van der Waals surface area contributed by atoms with Gasteiger partial charge in [-0.25, -0.2) is 4.39 Å². The zero-order chi connectivity index (χ0) is 24.6. The van der Waals surface area contributed by atoms with Crippen LogP contribution in [0.5, 0.6) is 23.0 Å². The van der Waals surface area contributed by atoms with Crippen LogP contribution in [0.4, 0.5) is 4.39 Å². The van der Waals surface area contributed by atoms with Gasteiger partial charge in [-0.2, -0.15) is 0 Å². The zero-order valence-corrected chi connectivity index (χ0v) is 19.6. The van der Waals surface area contributed by atoms with Gasteiger partial charge in [0, 0.05) is 17.2 Å². The van der Waals surface area contributed by atoms with Crippen molar-refractivity contribution >= 4 is 0 Å². The van der Waals surface area contributed by atoms with Gasteiger partial charge in [0.15, 0.2) is 11.5 Å². The van der Waals surface area contributed by atoms with E-state index in [0.717, 1.165) is 22.3 Å². The van der Waals surface area contributed by atoms with Crippen molar-refractivity contribution in [2.24, 2.45) is 0 Å². The first kappa shape index (κ1) is 23.9. The van der Waals surface area contributed by atoms with Crippen LogP contribution in [0.3, 0.4) is 0 Å². The van der Waals surface area contributed by atoms with Crippen LogP contribution in [0.25, 0.3) is 11.1 Å². The summed E-state index contributed by atoms with van der Waals surface area (Å²) in [6.45, 7) is 3.62. The van der Waals surface area contributed by atoms with Gasteiger partial charge in [-0.3, -0.25) is 0 Å². The van der Waals surface area contributed by atoms with E-state index in [1.807, 2.05) is 6.92 Å². The molecule has 0 amide bonds. The fraction of sp³-hybridized carbons (Fsp3) is 0.333. The lowest BCUT2D eigenvalue weighted by Crippen LogP contribution is -2.26. The van der Waals surface area contributed by atoms with Crippen LogP contribution in [0, 0.1) is 5.82 Å². The first-order valence-electron chi connectivity index (χ1n) is 11.1. The molecule has 34 heavy (non-hydrogen) atoms. The van der Waals surface area contributed by atoms with Crippen LogP contribution >= 0.6 is 0 Å². The lowest BCUT2D eigenvalue weighted by atomic mass is 9.82. The third-order valence-corrected chi connectivity index (χ3v) is 6.12. The molecule has 0 saturated heterocycles. The smallest absolute Gasteiger partial charge is 0.158 e. The predicted molar refractivity (Wildman–Crippen MR) is 126 cm³/mol. The van der Waals surface area contributed by atoms with Crippen LogP contribution in [0.15, 0.2) is 42.5 Å². The number of fused-ring (bicyclic) bond motifs is 1. The van der Waals surface area contributed by atoms with E-state index in [0.29, 0.717) is 29.0 Å². The maximum atomic E-state index is 13.6. The summed E-state index contributed by atoms with van der Waals surface area (Å²) in [5, 5.41) is 30.6. The number of halogens is 1. The Hall–Kier alpha value is -3.29. The van der Waals surface area contributed by atoms with Gasteiger partial charge in [-0.05, 0) is 73.2 Å². The van der Waals surface area contributed by atoms with E-state index in [9.17, 15) is 19.7 Å². The zero-order valence-electron chi connectivity index (χ0n) is 19.6. The Morgan fingerprint density at radius 2 is 1.68 bits per heavy atom. The fourth-order valence-electron chi connectivity index (χ4n) is 4.68. The number of aliphatic hydroxyl groups is 1. The normalized spacial score (nSPS) is 18.3. The van der Waals surface area contributed by atoms with Gasteiger partial charge >= 0.3 is 0 Å². The first-order chi connectivity index (χ1) is 16.2. The van der Waals surface area contributed by atoms with Crippen LogP contribution in [0.2, 0.25) is 0 Å². The Bertz CT molecular complexity index is 1190. The van der Waals surface area contributed by atoms with Gasteiger partial charge in [-0.1, -0.05) is 12.1 Å². The second kappa shape index (κ2) is 9.52. The minimum absolute atomic E-state index is 0.177. The Balaban J connectivity index is 2.04. The highest BCUT2D eigenvalue weighted by Gasteiger charge is 2.34. The number of phenolic OH excluding ortho intramolecular Hbond substituents is 2. The summed E-state index contributed by atoms with van der Waals surface area (Å²) in [7, 11) is 3.12. The molecule has 0 radical (unpaired) electrons. The summed E-state index contributed by atoms with van der Waals surface area (Å²) in [4.78, 5) is 0. The summed E-state index contributed by atoms with van der Waals surface area (Å²) in [5.74, 6) is 0.224.